The van der Waals surface area contributed by atoms with E-state index in [0.717, 1.165) is 30.6 Å². The van der Waals surface area contributed by atoms with Gasteiger partial charge in [-0.05, 0) is 25.2 Å². The lowest BCUT2D eigenvalue weighted by atomic mass is 9.84. The average Bonchev–Trinajstić information content (AvgIpc) is 2.95. The van der Waals surface area contributed by atoms with Crippen molar-refractivity contribution in [1.82, 2.24) is 9.80 Å². The largest absolute Gasteiger partial charge is 0.327 e. The molecule has 3 amide bonds. The van der Waals surface area contributed by atoms with Crippen LogP contribution >= 0.6 is 0 Å². The predicted octanol–water partition coefficient (Wildman–Crippen LogP) is 1.02. The van der Waals surface area contributed by atoms with Crippen LogP contribution < -0.4 is 0 Å². The molecule has 3 fully saturated rings. The molecule has 0 bridgehead atoms. The van der Waals surface area contributed by atoms with Gasteiger partial charge in [-0.3, -0.25) is 9.69 Å². The fourth-order valence-corrected chi connectivity index (χ4v) is 4.70. The van der Waals surface area contributed by atoms with Crippen LogP contribution in [0.1, 0.15) is 39.0 Å². The van der Waals surface area contributed by atoms with Crippen LogP contribution in [0.5, 0.6) is 0 Å². The van der Waals surface area contributed by atoms with Gasteiger partial charge in [0.2, 0.25) is 0 Å². The van der Waals surface area contributed by atoms with Gasteiger partial charge in [-0.25, -0.2) is 13.2 Å². The highest BCUT2D eigenvalue weighted by atomic mass is 32.2. The van der Waals surface area contributed by atoms with Gasteiger partial charge in [-0.1, -0.05) is 19.8 Å². The van der Waals surface area contributed by atoms with Crippen molar-refractivity contribution in [3.63, 3.8) is 0 Å². The Morgan fingerprint density at radius 2 is 1.90 bits per heavy atom. The zero-order valence-electron chi connectivity index (χ0n) is 12.3. The predicted molar refractivity (Wildman–Crippen MR) is 77.4 cm³/mol. The standard InChI is InChI=1S/C14H22N2O4S/c1-2-21(19,20)8-7-15-13(17)12-9-10-5-3-4-6-11(10)16(12)14(15)18/h10-12H,2-9H2,1H3/t10-,11+,12+/m1/s1. The van der Waals surface area contributed by atoms with E-state index >= 15 is 0 Å². The van der Waals surface area contributed by atoms with Crippen LogP contribution in [-0.4, -0.2) is 60.3 Å². The van der Waals surface area contributed by atoms with Crippen LogP contribution in [0.25, 0.3) is 0 Å². The van der Waals surface area contributed by atoms with Crippen molar-refractivity contribution in [3.05, 3.63) is 0 Å². The summed E-state index contributed by atoms with van der Waals surface area (Å²) in [4.78, 5) is 27.8. The number of hydrogen-bond acceptors (Lipinski definition) is 4. The van der Waals surface area contributed by atoms with Crippen LogP contribution in [0.4, 0.5) is 4.79 Å². The number of fused-ring (bicyclic) bond motifs is 3. The molecule has 7 heteroatoms. The minimum Gasteiger partial charge on any atom is -0.309 e. The van der Waals surface area contributed by atoms with Gasteiger partial charge < -0.3 is 4.90 Å². The Morgan fingerprint density at radius 1 is 1.19 bits per heavy atom. The van der Waals surface area contributed by atoms with Gasteiger partial charge in [0.15, 0.2) is 9.84 Å². The average molecular weight is 314 g/mol. The third-order valence-electron chi connectivity index (χ3n) is 5.16. The quantitative estimate of drug-likeness (QED) is 0.726. The lowest BCUT2D eigenvalue weighted by Gasteiger charge is -2.30. The summed E-state index contributed by atoms with van der Waals surface area (Å²) in [6, 6.07) is -0.423. The maximum absolute atomic E-state index is 12.5. The molecular weight excluding hydrogens is 292 g/mol. The molecule has 0 unspecified atom stereocenters. The van der Waals surface area contributed by atoms with Crippen molar-refractivity contribution < 1.29 is 18.0 Å². The molecule has 0 aromatic rings. The van der Waals surface area contributed by atoms with Crippen LogP contribution in [0.3, 0.4) is 0 Å². The van der Waals surface area contributed by atoms with Crippen LogP contribution in [-0.2, 0) is 14.6 Å². The Hall–Kier alpha value is -1.11. The Balaban J connectivity index is 1.73. The summed E-state index contributed by atoms with van der Waals surface area (Å²) >= 11 is 0. The zero-order chi connectivity index (χ0) is 15.2. The van der Waals surface area contributed by atoms with E-state index < -0.39 is 9.84 Å². The molecule has 1 aliphatic carbocycles. The molecule has 0 spiro atoms. The van der Waals surface area contributed by atoms with Gasteiger partial charge in [0.1, 0.15) is 6.04 Å². The van der Waals surface area contributed by atoms with Gasteiger partial charge in [0.25, 0.3) is 5.91 Å². The van der Waals surface area contributed by atoms with E-state index in [2.05, 4.69) is 0 Å². The summed E-state index contributed by atoms with van der Waals surface area (Å²) in [5, 5.41) is 0. The SMILES string of the molecule is CCS(=O)(=O)CCN1C(=O)[C@@H]2C[C@H]3CCCC[C@@H]3N2C1=O. The molecule has 118 valence electrons. The smallest absolute Gasteiger partial charge is 0.309 e. The van der Waals surface area contributed by atoms with Gasteiger partial charge in [0, 0.05) is 18.3 Å². The number of nitrogens with zero attached hydrogens (tertiary/aromatic N) is 2. The minimum atomic E-state index is -3.17. The molecule has 0 aromatic heterocycles. The second-order valence-electron chi connectivity index (χ2n) is 6.28. The molecule has 2 aliphatic heterocycles. The normalized spacial score (nSPS) is 32.5. The van der Waals surface area contributed by atoms with Crippen molar-refractivity contribution in [2.24, 2.45) is 5.92 Å². The third-order valence-corrected chi connectivity index (χ3v) is 6.84. The summed E-state index contributed by atoms with van der Waals surface area (Å²) in [5.74, 6) is 0.176. The summed E-state index contributed by atoms with van der Waals surface area (Å²) in [7, 11) is -3.17. The van der Waals surface area contributed by atoms with Gasteiger partial charge in [0.05, 0.1) is 5.75 Å². The van der Waals surface area contributed by atoms with E-state index in [1.54, 1.807) is 11.8 Å². The van der Waals surface area contributed by atoms with E-state index in [1.165, 1.54) is 6.42 Å². The first-order valence-electron chi connectivity index (χ1n) is 7.78. The Bertz CT molecular complexity index is 559. The molecule has 0 radical (unpaired) electrons. The molecule has 3 atom stereocenters. The second-order valence-corrected chi connectivity index (χ2v) is 8.75. The van der Waals surface area contributed by atoms with Crippen molar-refractivity contribution in [3.8, 4) is 0 Å². The first-order valence-corrected chi connectivity index (χ1v) is 9.61. The monoisotopic (exact) mass is 314 g/mol. The van der Waals surface area contributed by atoms with E-state index in [1.807, 2.05) is 0 Å². The number of rotatable bonds is 4. The summed E-state index contributed by atoms with van der Waals surface area (Å²) in [6.45, 7) is 1.58. The fraction of sp³-hybridized carbons (Fsp3) is 0.857. The molecule has 3 rings (SSSR count). The molecular formula is C14H22N2O4S. The molecule has 0 aromatic carbocycles. The summed E-state index contributed by atoms with van der Waals surface area (Å²) < 4.78 is 23.2. The molecule has 2 saturated heterocycles. The van der Waals surface area contributed by atoms with E-state index in [-0.39, 0.29) is 42.1 Å². The molecule has 21 heavy (non-hydrogen) atoms. The van der Waals surface area contributed by atoms with Crippen LogP contribution in [0.15, 0.2) is 0 Å². The van der Waals surface area contributed by atoms with Crippen molar-refractivity contribution >= 4 is 21.8 Å². The highest BCUT2D eigenvalue weighted by Crippen LogP contribution is 2.43. The molecule has 0 N–H and O–H groups in total. The van der Waals surface area contributed by atoms with E-state index in [4.69, 9.17) is 0 Å². The third kappa shape index (κ3) is 2.45. The van der Waals surface area contributed by atoms with Crippen molar-refractivity contribution in [2.75, 3.05) is 18.1 Å². The molecule has 3 aliphatic rings. The first kappa shape index (κ1) is 14.8. The molecule has 2 heterocycles. The van der Waals surface area contributed by atoms with Crippen LogP contribution in [0, 0.1) is 5.92 Å². The van der Waals surface area contributed by atoms with Crippen molar-refractivity contribution in [2.45, 2.75) is 51.1 Å². The zero-order valence-corrected chi connectivity index (χ0v) is 13.1. The molecule has 6 nitrogen and oxygen atoms in total. The number of sulfone groups is 1. The number of amides is 3. The van der Waals surface area contributed by atoms with Gasteiger partial charge in [-0.15, -0.1) is 0 Å². The number of urea groups is 1. The topological polar surface area (TPSA) is 74.8 Å². The number of carbonyl (C=O) groups excluding carboxylic acids is 2. The van der Waals surface area contributed by atoms with Crippen LogP contribution in [0.2, 0.25) is 0 Å². The Kier molecular flexibility index (Phi) is 3.71. The lowest BCUT2D eigenvalue weighted by Crippen LogP contribution is -2.42. The number of carbonyl (C=O) groups is 2. The van der Waals surface area contributed by atoms with E-state index in [0.29, 0.717) is 5.92 Å². The molecule has 1 saturated carbocycles. The Labute approximate surface area is 125 Å². The highest BCUT2D eigenvalue weighted by molar-refractivity contribution is 7.91. The lowest BCUT2D eigenvalue weighted by molar-refractivity contribution is -0.127. The van der Waals surface area contributed by atoms with Gasteiger partial charge >= 0.3 is 6.03 Å². The maximum Gasteiger partial charge on any atom is 0.327 e. The fourth-order valence-electron chi connectivity index (χ4n) is 3.95. The Morgan fingerprint density at radius 3 is 2.62 bits per heavy atom. The van der Waals surface area contributed by atoms with Crippen molar-refractivity contribution in [1.29, 1.82) is 0 Å². The summed E-state index contributed by atoms with van der Waals surface area (Å²) in [6.07, 6.45) is 5.12. The second kappa shape index (κ2) is 5.26. The highest BCUT2D eigenvalue weighted by Gasteiger charge is 2.55. The number of hydrogen-bond donors (Lipinski definition) is 0. The van der Waals surface area contributed by atoms with Gasteiger partial charge in [-0.2, -0.15) is 0 Å². The first-order chi connectivity index (χ1) is 9.94. The number of imide groups is 1. The van der Waals surface area contributed by atoms with E-state index in [9.17, 15) is 18.0 Å². The summed E-state index contributed by atoms with van der Waals surface area (Å²) in [5.41, 5.74) is 0. The minimum absolute atomic E-state index is 0.00176. The maximum atomic E-state index is 12.5.